The predicted molar refractivity (Wildman–Crippen MR) is 48.6 cm³/mol. The van der Waals surface area contributed by atoms with Crippen molar-refractivity contribution in [1.82, 2.24) is 10.2 Å². The van der Waals surface area contributed by atoms with E-state index in [1.807, 2.05) is 24.3 Å². The molecule has 0 atom stereocenters. The van der Waals surface area contributed by atoms with E-state index in [1.54, 1.807) is 6.07 Å². The quantitative estimate of drug-likeness (QED) is 0.603. The average molecular weight is 167 g/mol. The van der Waals surface area contributed by atoms with Crippen LogP contribution in [-0.2, 0) is 0 Å². The summed E-state index contributed by atoms with van der Waals surface area (Å²) >= 11 is 0. The van der Waals surface area contributed by atoms with Gasteiger partial charge in [0.05, 0.1) is 5.52 Å². The van der Waals surface area contributed by atoms with Crippen LogP contribution in [0.4, 0.5) is 0 Å². The molecule has 0 saturated heterocycles. The molecule has 2 aromatic rings. The molecule has 1 aromatic carbocycles. The summed E-state index contributed by atoms with van der Waals surface area (Å²) in [5, 5.41) is 16.0. The maximum absolute atomic E-state index is 8.28. The summed E-state index contributed by atoms with van der Waals surface area (Å²) in [5.41, 5.74) is 1.56. The Balaban J connectivity index is 2.66. The van der Waals surface area contributed by atoms with Crippen LogP contribution in [0.25, 0.3) is 10.9 Å². The Morgan fingerprint density at radius 2 is 2.15 bits per heavy atom. The molecule has 0 bridgehead atoms. The Kier molecular flexibility index (Phi) is 1.71. The summed E-state index contributed by atoms with van der Waals surface area (Å²) in [4.78, 5) is 0. The summed E-state index contributed by atoms with van der Waals surface area (Å²) in [6, 6.07) is 9.39. The third-order valence-corrected chi connectivity index (χ3v) is 1.70. The van der Waals surface area contributed by atoms with Gasteiger partial charge in [0.25, 0.3) is 0 Å². The molecule has 2 rings (SSSR count). The number of hydrogen-bond donors (Lipinski definition) is 1. The van der Waals surface area contributed by atoms with E-state index >= 15 is 0 Å². The Morgan fingerprint density at radius 1 is 1.31 bits per heavy atom. The summed E-state index contributed by atoms with van der Waals surface area (Å²) in [6.45, 7) is 0. The molecule has 1 aromatic heterocycles. The molecule has 0 aliphatic rings. The smallest absolute Gasteiger partial charge is 0.152 e. The highest BCUT2D eigenvalue weighted by atomic mass is 15.1. The number of nitrogens with one attached hydrogen (secondary N) is 1. The zero-order valence-corrected chi connectivity index (χ0v) is 6.70. The van der Waals surface area contributed by atoms with Gasteiger partial charge in [0.1, 0.15) is 5.69 Å². The van der Waals surface area contributed by atoms with Crippen molar-refractivity contribution < 1.29 is 0 Å². The SMILES string of the molecule is N#CC#Cc1[nH]nc2ccccc12. The van der Waals surface area contributed by atoms with E-state index in [9.17, 15) is 0 Å². The lowest BCUT2D eigenvalue weighted by molar-refractivity contribution is 1.10. The lowest BCUT2D eigenvalue weighted by Crippen LogP contribution is -1.72. The van der Waals surface area contributed by atoms with E-state index in [-0.39, 0.29) is 0 Å². The molecular formula is C10H5N3. The van der Waals surface area contributed by atoms with Crippen LogP contribution in [0.3, 0.4) is 0 Å². The number of nitrogens with zero attached hydrogens (tertiary/aromatic N) is 2. The van der Waals surface area contributed by atoms with Crippen molar-refractivity contribution in [3.05, 3.63) is 30.0 Å². The van der Waals surface area contributed by atoms with Crippen molar-refractivity contribution in [1.29, 1.82) is 5.26 Å². The van der Waals surface area contributed by atoms with Crippen LogP contribution in [0.5, 0.6) is 0 Å². The van der Waals surface area contributed by atoms with E-state index in [0.717, 1.165) is 10.9 Å². The van der Waals surface area contributed by atoms with E-state index in [1.165, 1.54) is 0 Å². The topological polar surface area (TPSA) is 52.5 Å². The van der Waals surface area contributed by atoms with Crippen molar-refractivity contribution in [2.45, 2.75) is 0 Å². The molecule has 0 aliphatic carbocycles. The van der Waals surface area contributed by atoms with Crippen LogP contribution in [0.15, 0.2) is 24.3 Å². The van der Waals surface area contributed by atoms with E-state index < -0.39 is 0 Å². The third kappa shape index (κ3) is 1.23. The highest BCUT2D eigenvalue weighted by Crippen LogP contribution is 2.13. The maximum atomic E-state index is 8.28. The number of benzene rings is 1. The Morgan fingerprint density at radius 3 is 3.00 bits per heavy atom. The average Bonchev–Trinajstić information content (AvgIpc) is 2.58. The summed E-state index contributed by atoms with van der Waals surface area (Å²) in [5.74, 6) is 5.02. The van der Waals surface area contributed by atoms with Crippen molar-refractivity contribution >= 4 is 10.9 Å². The minimum Gasteiger partial charge on any atom is -0.269 e. The van der Waals surface area contributed by atoms with Gasteiger partial charge in [-0.15, -0.1) is 0 Å². The van der Waals surface area contributed by atoms with E-state index in [4.69, 9.17) is 5.26 Å². The number of para-hydroxylation sites is 1. The molecule has 0 spiro atoms. The van der Waals surface area contributed by atoms with Crippen LogP contribution in [-0.4, -0.2) is 10.2 Å². The van der Waals surface area contributed by atoms with Gasteiger partial charge in [-0.05, 0) is 18.1 Å². The van der Waals surface area contributed by atoms with Crippen molar-refractivity contribution in [2.75, 3.05) is 0 Å². The molecule has 60 valence electrons. The van der Waals surface area contributed by atoms with Gasteiger partial charge in [-0.3, -0.25) is 5.10 Å². The molecule has 0 unspecified atom stereocenters. The van der Waals surface area contributed by atoms with Crippen molar-refractivity contribution in [3.8, 4) is 17.9 Å². The lowest BCUT2D eigenvalue weighted by atomic mass is 10.2. The number of fused-ring (bicyclic) bond motifs is 1. The number of hydrogen-bond acceptors (Lipinski definition) is 2. The molecule has 0 amide bonds. The van der Waals surface area contributed by atoms with Gasteiger partial charge < -0.3 is 0 Å². The molecule has 13 heavy (non-hydrogen) atoms. The van der Waals surface area contributed by atoms with E-state index in [2.05, 4.69) is 22.0 Å². The second-order valence-electron chi connectivity index (χ2n) is 2.48. The summed E-state index contributed by atoms with van der Waals surface area (Å²) in [6.07, 6.45) is 0. The van der Waals surface area contributed by atoms with Crippen LogP contribution in [0.1, 0.15) is 5.69 Å². The summed E-state index contributed by atoms with van der Waals surface area (Å²) < 4.78 is 0. The first-order valence-corrected chi connectivity index (χ1v) is 3.75. The Labute approximate surface area is 75.0 Å². The zero-order chi connectivity index (χ0) is 9.10. The number of nitriles is 1. The first-order chi connectivity index (χ1) is 6.42. The number of aromatic amines is 1. The molecular weight excluding hydrogens is 162 g/mol. The van der Waals surface area contributed by atoms with Gasteiger partial charge in [-0.25, -0.2) is 0 Å². The second-order valence-corrected chi connectivity index (χ2v) is 2.48. The van der Waals surface area contributed by atoms with Gasteiger partial charge >= 0.3 is 0 Å². The molecule has 0 radical (unpaired) electrons. The monoisotopic (exact) mass is 167 g/mol. The number of aromatic nitrogens is 2. The first kappa shape index (κ1) is 7.39. The van der Waals surface area contributed by atoms with Gasteiger partial charge in [0, 0.05) is 11.3 Å². The van der Waals surface area contributed by atoms with Gasteiger partial charge in [0.15, 0.2) is 6.07 Å². The third-order valence-electron chi connectivity index (χ3n) is 1.70. The Hall–Kier alpha value is -2.26. The fourth-order valence-electron chi connectivity index (χ4n) is 1.14. The van der Waals surface area contributed by atoms with Crippen LogP contribution in [0, 0.1) is 23.2 Å². The minimum atomic E-state index is 0.692. The largest absolute Gasteiger partial charge is 0.269 e. The number of H-pyrrole nitrogens is 1. The minimum absolute atomic E-state index is 0.692. The van der Waals surface area contributed by atoms with Crippen LogP contribution in [0.2, 0.25) is 0 Å². The standard InChI is InChI=1S/C10H5N3/c11-7-3-6-10-8-4-1-2-5-9(8)12-13-10/h1-2,4-5H,(H,12,13). The predicted octanol–water partition coefficient (Wildman–Crippen LogP) is 1.44. The Bertz CT molecular complexity index is 534. The molecule has 0 fully saturated rings. The molecule has 3 nitrogen and oxygen atoms in total. The first-order valence-electron chi connectivity index (χ1n) is 3.75. The molecule has 1 heterocycles. The summed E-state index contributed by atoms with van der Waals surface area (Å²) in [7, 11) is 0. The van der Waals surface area contributed by atoms with Crippen LogP contribution < -0.4 is 0 Å². The van der Waals surface area contributed by atoms with Crippen molar-refractivity contribution in [3.63, 3.8) is 0 Å². The maximum Gasteiger partial charge on any atom is 0.152 e. The van der Waals surface area contributed by atoms with Gasteiger partial charge in [-0.1, -0.05) is 12.1 Å². The lowest BCUT2D eigenvalue weighted by Gasteiger charge is -1.84. The molecule has 1 N–H and O–H groups in total. The molecule has 3 heteroatoms. The highest BCUT2D eigenvalue weighted by Gasteiger charge is 1.99. The zero-order valence-electron chi connectivity index (χ0n) is 6.70. The normalized spacial score (nSPS) is 8.85. The highest BCUT2D eigenvalue weighted by molar-refractivity contribution is 5.83. The van der Waals surface area contributed by atoms with E-state index in [0.29, 0.717) is 5.69 Å². The fourth-order valence-corrected chi connectivity index (χ4v) is 1.14. The second kappa shape index (κ2) is 3.00. The fraction of sp³-hybridized carbons (Fsp3) is 0. The van der Waals surface area contributed by atoms with Gasteiger partial charge in [-0.2, -0.15) is 10.4 Å². The molecule has 0 saturated carbocycles. The van der Waals surface area contributed by atoms with Gasteiger partial charge in [0.2, 0.25) is 0 Å². The van der Waals surface area contributed by atoms with Crippen LogP contribution >= 0.6 is 0 Å². The molecule has 0 aliphatic heterocycles. The van der Waals surface area contributed by atoms with Crippen molar-refractivity contribution in [2.24, 2.45) is 0 Å². The number of rotatable bonds is 0.